The topological polar surface area (TPSA) is 222 Å². The normalized spacial score (nSPS) is 14.4. The van der Waals surface area contributed by atoms with Crippen LogP contribution in [0.5, 0.6) is 0 Å². The molecule has 0 spiro atoms. The molecule has 0 aliphatic heterocycles. The van der Waals surface area contributed by atoms with Gasteiger partial charge in [0.25, 0.3) is 0 Å². The maximum absolute atomic E-state index is 10.2. The van der Waals surface area contributed by atoms with Crippen LogP contribution in [0.2, 0.25) is 0 Å². The summed E-state index contributed by atoms with van der Waals surface area (Å²) in [6.07, 6.45) is 0. The van der Waals surface area contributed by atoms with Gasteiger partial charge < -0.3 is 0 Å². The van der Waals surface area contributed by atoms with Crippen molar-refractivity contribution in [2.45, 2.75) is 0 Å². The average Bonchev–Trinajstić information content (AvgIpc) is 2.15. The van der Waals surface area contributed by atoms with Gasteiger partial charge in [0.1, 0.15) is 0 Å². The molecule has 0 atom stereocenters. The molecule has 0 aliphatic carbocycles. The summed E-state index contributed by atoms with van der Waals surface area (Å²) in [5.41, 5.74) is 0. The molecule has 0 aromatic heterocycles. The van der Waals surface area contributed by atoms with Gasteiger partial charge in [-0.2, -0.15) is 0 Å². The summed E-state index contributed by atoms with van der Waals surface area (Å²) in [7, 11) is 0. The Balaban J connectivity index is 0. The average molecular weight is 372 g/mol. The Bertz CT molecular complexity index is 380. The second kappa shape index (κ2) is 4.26. The van der Waals surface area contributed by atoms with Gasteiger partial charge in [-0.05, 0) is 0 Å². The van der Waals surface area contributed by atoms with Crippen LogP contribution in [0.3, 0.4) is 0 Å². The predicted molar refractivity (Wildman–Crippen MR) is 43.1 cm³/mol. The van der Waals surface area contributed by atoms with Gasteiger partial charge in [-0.3, -0.25) is 0 Å². The molecule has 0 aromatic carbocycles. The molecule has 0 rings (SSSR count). The first-order chi connectivity index (χ1) is 6.97. The third-order valence-electron chi connectivity index (χ3n) is 1.30. The first-order valence-electron chi connectivity index (χ1n) is 2.59. The van der Waals surface area contributed by atoms with Crippen molar-refractivity contribution in [2.24, 2.45) is 3.92 Å². The number of nitrogens with zero attached hydrogens (tertiary/aromatic N) is 5. The van der Waals surface area contributed by atoms with E-state index in [4.69, 9.17) is 3.93 Å². The van der Waals surface area contributed by atoms with Gasteiger partial charge in [-0.15, -0.1) is 0 Å². The Morgan fingerprint density at radius 1 is 0.824 bits per heavy atom. The summed E-state index contributed by atoms with van der Waals surface area (Å²) in [6.45, 7) is 0. The molecule has 0 saturated heterocycles. The quantitative estimate of drug-likeness (QED) is 0.240. The molecule has 0 saturated carbocycles. The molecule has 17 heavy (non-hydrogen) atoms. The van der Waals surface area contributed by atoms with Gasteiger partial charge >= 0.3 is 133 Å². The maximum atomic E-state index is 10.2. The van der Waals surface area contributed by atoms with E-state index in [0.717, 1.165) is 3.92 Å². The third-order valence-corrected chi connectivity index (χ3v) is 7.69. The zero-order chi connectivity index (χ0) is 13.4. The molecule has 0 radical (unpaired) electrons. The predicted octanol–water partition coefficient (Wildman–Crippen LogP) is -2.08. The van der Waals surface area contributed by atoms with E-state index in [1.165, 1.54) is 0 Å². The monoisotopic (exact) mass is 373 g/mol. The van der Waals surface area contributed by atoms with Crippen LogP contribution in [0.4, 0.5) is 0 Å². The van der Waals surface area contributed by atoms with Crippen LogP contribution < -0.4 is 0 Å². The fourth-order valence-corrected chi connectivity index (χ4v) is 2.23. The van der Waals surface area contributed by atoms with E-state index >= 15 is 0 Å². The van der Waals surface area contributed by atoms with Crippen molar-refractivity contribution in [1.29, 1.82) is 0 Å². The van der Waals surface area contributed by atoms with Crippen molar-refractivity contribution in [3.8, 4) is 0 Å². The Morgan fingerprint density at radius 3 is 1.00 bits per heavy atom. The van der Waals surface area contributed by atoms with Crippen LogP contribution in [-0.2, 0) is 14.0 Å². The van der Waals surface area contributed by atoms with Crippen LogP contribution in [0, 0.1) is 45.4 Å². The first-order valence-corrected chi connectivity index (χ1v) is 7.26. The Hall–Kier alpha value is -0.580. The molecule has 0 aliphatic rings. The summed E-state index contributed by atoms with van der Waals surface area (Å²) < 4.78 is -1.63. The van der Waals surface area contributed by atoms with E-state index in [1.54, 1.807) is 0 Å². The van der Waals surface area contributed by atoms with Crippen LogP contribution in [-0.4, -0.2) is 70.0 Å². The van der Waals surface area contributed by atoms with Crippen LogP contribution in [0.15, 0.2) is 3.92 Å². The molecule has 0 bridgehead atoms. The third kappa shape index (κ3) is 1.41. The summed E-state index contributed by atoms with van der Waals surface area (Å²) in [6, 6.07) is 0. The summed E-state index contributed by atoms with van der Waals surface area (Å²) in [5, 5.41) is 40.9. The van der Waals surface area contributed by atoms with Gasteiger partial charge in [0, 0.05) is 0 Å². The number of nitro groups is 4. The molecule has 96 valence electrons. The molecule has 0 unspecified atom stereocenters. The zero-order valence-electron chi connectivity index (χ0n) is 6.71. The molecule has 0 amide bonds. The van der Waals surface area contributed by atoms with Crippen molar-refractivity contribution in [1.82, 2.24) is 0 Å². The molecule has 0 aromatic rings. The van der Waals surface area contributed by atoms with Gasteiger partial charge in [0.2, 0.25) is 0 Å². The van der Waals surface area contributed by atoms with Crippen molar-refractivity contribution in [3.05, 3.63) is 45.4 Å². The molecule has 1 N–H and O–H groups in total. The van der Waals surface area contributed by atoms with Crippen LogP contribution in [0.1, 0.15) is 0 Å². The molecular weight excluding hydrogens is 370 g/mol. The standard InChI is InChI=1S/K.4NO2.NO.H2O.Ru.H/c;4*2-1-3;1-2;;;/h;;;;;;1H2;;/q;;;;;-1;;+2;/p-1. The van der Waals surface area contributed by atoms with Crippen LogP contribution >= 0.6 is 0 Å². The number of rotatable bonds is 5. The van der Waals surface area contributed by atoms with E-state index in [1.807, 2.05) is 0 Å². The van der Waals surface area contributed by atoms with E-state index < -0.39 is 28.6 Å². The number of hydrogen-bond acceptors (Lipinski definition) is 11. The second-order valence-corrected chi connectivity index (χ2v) is 10.0. The molecule has 0 heterocycles. The van der Waals surface area contributed by atoms with Crippen molar-refractivity contribution < 1.29 is 32.6 Å². The van der Waals surface area contributed by atoms with Gasteiger partial charge in [-0.1, -0.05) is 0 Å². The second-order valence-electron chi connectivity index (χ2n) is 1.94. The number of hydrogen-bond donors (Lipinski definition) is 1. The zero-order valence-corrected chi connectivity index (χ0v) is 8.45. The van der Waals surface area contributed by atoms with E-state index in [0.29, 0.717) is 0 Å². The van der Waals surface area contributed by atoms with Gasteiger partial charge in [0.05, 0.1) is 0 Å². The van der Waals surface area contributed by atoms with E-state index in [2.05, 4.69) is 0 Å². The Kier molecular flexibility index (Phi) is 4.71. The number of nitroso groups, excluding NO2 is 1. The Morgan fingerprint density at radius 2 is 1.00 bits per heavy atom. The minimum absolute atomic E-state index is 0. The van der Waals surface area contributed by atoms with Gasteiger partial charge in [0.15, 0.2) is 0 Å². The molecule has 17 heteroatoms. The summed E-state index contributed by atoms with van der Waals surface area (Å²) in [4.78, 5) is 51.0. The molecule has 0 fully saturated rings. The SMILES string of the molecule is O=[N][Ru]([OH])([N+](=O)[O-])([N+](=O)[O-])([N+](=O)[O-])[N+](=O)[O-].[KH]. The van der Waals surface area contributed by atoms with Crippen LogP contribution in [0.25, 0.3) is 0 Å². The molecular formula is H2KN5O10Ru. The molecule has 15 nitrogen and oxygen atoms in total. The summed E-state index contributed by atoms with van der Waals surface area (Å²) >= 11 is -9.92. The summed E-state index contributed by atoms with van der Waals surface area (Å²) in [5.74, 6) is 0. The van der Waals surface area contributed by atoms with Crippen molar-refractivity contribution in [3.63, 3.8) is 0 Å². The van der Waals surface area contributed by atoms with Gasteiger partial charge in [-0.25, -0.2) is 0 Å². The fraction of sp³-hybridized carbons (Fsp3) is 0. The fourth-order valence-electron chi connectivity index (χ4n) is 0.377. The Labute approximate surface area is 132 Å². The minimum atomic E-state index is -9.92. The first kappa shape index (κ1) is 18.8. The van der Waals surface area contributed by atoms with Crippen molar-refractivity contribution >= 4 is 51.4 Å². The van der Waals surface area contributed by atoms with Crippen molar-refractivity contribution in [2.75, 3.05) is 0 Å². The van der Waals surface area contributed by atoms with E-state index in [9.17, 15) is 45.4 Å². The van der Waals surface area contributed by atoms with E-state index in [-0.39, 0.29) is 51.4 Å².